The van der Waals surface area contributed by atoms with Crippen LogP contribution in [0.3, 0.4) is 0 Å². The molecule has 0 spiro atoms. The summed E-state index contributed by atoms with van der Waals surface area (Å²) in [5.74, 6) is 0.194. The van der Waals surface area contributed by atoms with E-state index < -0.39 is 4.92 Å². The predicted molar refractivity (Wildman–Crippen MR) is 84.1 cm³/mol. The molecule has 120 valence electrons. The van der Waals surface area contributed by atoms with Crippen molar-refractivity contribution in [1.29, 1.82) is 0 Å². The zero-order valence-electron chi connectivity index (χ0n) is 12.6. The van der Waals surface area contributed by atoms with Crippen LogP contribution >= 0.6 is 0 Å². The number of nitrogens with one attached hydrogen (secondary N) is 1. The van der Waals surface area contributed by atoms with Gasteiger partial charge in [-0.1, -0.05) is 0 Å². The molecule has 7 nitrogen and oxygen atoms in total. The molecule has 8 heteroatoms. The highest BCUT2D eigenvalue weighted by molar-refractivity contribution is 5.60. The van der Waals surface area contributed by atoms with Crippen molar-refractivity contribution in [3.8, 4) is 0 Å². The molecule has 0 saturated carbocycles. The largest absolute Gasteiger partial charge is 0.360 e. The van der Waals surface area contributed by atoms with Gasteiger partial charge in [-0.2, -0.15) is 0 Å². The second-order valence-corrected chi connectivity index (χ2v) is 5.47. The number of hydrogen-bond donors (Lipinski definition) is 1. The Kier molecular flexibility index (Phi) is 4.05. The highest BCUT2D eigenvalue weighted by atomic mass is 19.1. The monoisotopic (exact) mass is 317 g/mol. The summed E-state index contributed by atoms with van der Waals surface area (Å²) in [6.07, 6.45) is 3.81. The molecule has 1 aliphatic rings. The Morgan fingerprint density at radius 1 is 1.39 bits per heavy atom. The van der Waals surface area contributed by atoms with Crippen molar-refractivity contribution < 1.29 is 9.31 Å². The van der Waals surface area contributed by atoms with Gasteiger partial charge < -0.3 is 10.2 Å². The van der Waals surface area contributed by atoms with Gasteiger partial charge in [0.05, 0.1) is 4.92 Å². The highest BCUT2D eigenvalue weighted by Crippen LogP contribution is 2.28. The Morgan fingerprint density at radius 2 is 2.22 bits per heavy atom. The van der Waals surface area contributed by atoms with Gasteiger partial charge >= 0.3 is 5.69 Å². The average molecular weight is 317 g/mol. The molecule has 2 aromatic heterocycles. The number of anilines is 2. The average Bonchev–Trinajstić information content (AvgIpc) is 2.95. The molecule has 3 heterocycles. The molecular weight excluding hydrogens is 301 g/mol. The summed E-state index contributed by atoms with van der Waals surface area (Å²) in [5.41, 5.74) is 0.535. The summed E-state index contributed by atoms with van der Waals surface area (Å²) in [7, 11) is 0. The van der Waals surface area contributed by atoms with E-state index in [9.17, 15) is 14.5 Å². The first kappa shape index (κ1) is 15.1. The van der Waals surface area contributed by atoms with E-state index in [0.29, 0.717) is 24.5 Å². The van der Waals surface area contributed by atoms with Gasteiger partial charge in [0, 0.05) is 37.1 Å². The van der Waals surface area contributed by atoms with Crippen LogP contribution in [0, 0.1) is 22.9 Å². The summed E-state index contributed by atoms with van der Waals surface area (Å²) in [5, 5.41) is 14.3. The van der Waals surface area contributed by atoms with Gasteiger partial charge in [-0.15, -0.1) is 0 Å². The Balaban J connectivity index is 1.75. The molecule has 0 bridgehead atoms. The molecule has 0 aliphatic carbocycles. The van der Waals surface area contributed by atoms with Gasteiger partial charge in [0.25, 0.3) is 0 Å². The van der Waals surface area contributed by atoms with E-state index in [2.05, 4.69) is 15.3 Å². The maximum absolute atomic E-state index is 13.8. The minimum Gasteiger partial charge on any atom is -0.360 e. The number of hydrogen-bond acceptors (Lipinski definition) is 6. The van der Waals surface area contributed by atoms with Crippen LogP contribution in [0.25, 0.3) is 0 Å². The quantitative estimate of drug-likeness (QED) is 0.689. The molecule has 1 saturated heterocycles. The molecule has 0 amide bonds. The van der Waals surface area contributed by atoms with Crippen LogP contribution in [0.2, 0.25) is 0 Å². The van der Waals surface area contributed by atoms with E-state index >= 15 is 0 Å². The minimum atomic E-state index is -0.435. The molecule has 1 fully saturated rings. The number of pyridine rings is 2. The van der Waals surface area contributed by atoms with Gasteiger partial charge in [-0.05, 0) is 31.5 Å². The van der Waals surface area contributed by atoms with Gasteiger partial charge in [0.2, 0.25) is 5.82 Å². The zero-order chi connectivity index (χ0) is 16.4. The molecule has 1 N–H and O–H groups in total. The van der Waals surface area contributed by atoms with E-state index in [-0.39, 0.29) is 23.4 Å². The summed E-state index contributed by atoms with van der Waals surface area (Å²) >= 11 is 0. The molecule has 0 aromatic carbocycles. The number of rotatable bonds is 4. The van der Waals surface area contributed by atoms with Crippen molar-refractivity contribution >= 4 is 17.3 Å². The molecule has 1 atom stereocenters. The number of aromatic nitrogens is 2. The van der Waals surface area contributed by atoms with E-state index in [1.54, 1.807) is 25.3 Å². The Bertz CT molecular complexity index is 740. The number of aryl methyl sites for hydroxylation is 1. The SMILES string of the molecule is Cc1ccnc(NC2CCN(c3ncccc3F)C2)c1[N+](=O)[O-]. The summed E-state index contributed by atoms with van der Waals surface area (Å²) in [6.45, 7) is 2.82. The van der Waals surface area contributed by atoms with Gasteiger partial charge in [0.1, 0.15) is 0 Å². The summed E-state index contributed by atoms with van der Waals surface area (Å²) in [4.78, 5) is 20.7. The fourth-order valence-electron chi connectivity index (χ4n) is 2.76. The van der Waals surface area contributed by atoms with Crippen LogP contribution in [0.15, 0.2) is 30.6 Å². The van der Waals surface area contributed by atoms with Gasteiger partial charge in [0.15, 0.2) is 11.6 Å². The number of halogens is 1. The molecular formula is C15H16FN5O2. The smallest absolute Gasteiger partial charge is 0.314 e. The molecule has 1 unspecified atom stereocenters. The number of nitrogens with zero attached hydrogens (tertiary/aromatic N) is 4. The molecule has 1 aliphatic heterocycles. The summed E-state index contributed by atoms with van der Waals surface area (Å²) in [6, 6.07) is 4.47. The third kappa shape index (κ3) is 3.05. The van der Waals surface area contributed by atoms with Crippen molar-refractivity contribution in [1.82, 2.24) is 9.97 Å². The first-order chi connectivity index (χ1) is 11.1. The van der Waals surface area contributed by atoms with Crippen molar-refractivity contribution in [2.45, 2.75) is 19.4 Å². The molecule has 3 rings (SSSR count). The van der Waals surface area contributed by atoms with E-state index in [0.717, 1.165) is 6.42 Å². The lowest BCUT2D eigenvalue weighted by Gasteiger charge is -2.18. The van der Waals surface area contributed by atoms with Gasteiger partial charge in [-0.3, -0.25) is 10.1 Å². The number of nitro groups is 1. The maximum Gasteiger partial charge on any atom is 0.314 e. The third-order valence-corrected chi connectivity index (χ3v) is 3.88. The minimum absolute atomic E-state index is 0.0185. The standard InChI is InChI=1S/C15H16FN5O2/c1-10-4-7-17-14(13(10)21(22)23)19-11-5-8-20(9-11)15-12(16)3-2-6-18-15/h2-4,6-7,11H,5,8-9H2,1H3,(H,17,19). The van der Waals surface area contributed by atoms with Crippen molar-refractivity contribution in [3.63, 3.8) is 0 Å². The topological polar surface area (TPSA) is 84.2 Å². The fourth-order valence-corrected chi connectivity index (χ4v) is 2.76. The van der Waals surface area contributed by atoms with Crippen molar-refractivity contribution in [2.75, 3.05) is 23.3 Å². The van der Waals surface area contributed by atoms with Crippen LogP contribution in [-0.2, 0) is 0 Å². The summed E-state index contributed by atoms with van der Waals surface area (Å²) < 4.78 is 13.8. The molecule has 0 radical (unpaired) electrons. The second kappa shape index (κ2) is 6.15. The normalized spacial score (nSPS) is 17.3. The lowest BCUT2D eigenvalue weighted by Crippen LogP contribution is -2.27. The highest BCUT2D eigenvalue weighted by Gasteiger charge is 2.28. The lowest BCUT2D eigenvalue weighted by molar-refractivity contribution is -0.384. The van der Waals surface area contributed by atoms with Crippen LogP contribution in [0.1, 0.15) is 12.0 Å². The lowest BCUT2D eigenvalue weighted by atomic mass is 10.2. The van der Waals surface area contributed by atoms with Crippen LogP contribution in [0.4, 0.5) is 21.7 Å². The zero-order valence-corrected chi connectivity index (χ0v) is 12.6. The Labute approximate surface area is 132 Å². The molecule has 23 heavy (non-hydrogen) atoms. The van der Waals surface area contributed by atoms with E-state index in [1.165, 1.54) is 12.3 Å². The van der Waals surface area contributed by atoms with E-state index in [4.69, 9.17) is 0 Å². The first-order valence-electron chi connectivity index (χ1n) is 7.28. The van der Waals surface area contributed by atoms with Crippen LogP contribution < -0.4 is 10.2 Å². The molecule has 2 aromatic rings. The Hall–Kier alpha value is -2.77. The maximum atomic E-state index is 13.8. The van der Waals surface area contributed by atoms with Crippen LogP contribution in [0.5, 0.6) is 0 Å². The van der Waals surface area contributed by atoms with Crippen molar-refractivity contribution in [3.05, 3.63) is 52.1 Å². The van der Waals surface area contributed by atoms with Crippen molar-refractivity contribution in [2.24, 2.45) is 0 Å². The third-order valence-electron chi connectivity index (χ3n) is 3.88. The fraction of sp³-hybridized carbons (Fsp3) is 0.333. The Morgan fingerprint density at radius 3 is 2.96 bits per heavy atom. The van der Waals surface area contributed by atoms with Crippen LogP contribution in [-0.4, -0.2) is 34.0 Å². The van der Waals surface area contributed by atoms with E-state index in [1.807, 2.05) is 4.90 Å². The predicted octanol–water partition coefficient (Wildman–Crippen LogP) is 2.52. The van der Waals surface area contributed by atoms with Gasteiger partial charge in [-0.25, -0.2) is 14.4 Å². The second-order valence-electron chi connectivity index (χ2n) is 5.47. The first-order valence-corrected chi connectivity index (χ1v) is 7.28.